The highest BCUT2D eigenvalue weighted by Gasteiger charge is 2.10. The summed E-state index contributed by atoms with van der Waals surface area (Å²) in [6.07, 6.45) is 3.05. The predicted molar refractivity (Wildman–Crippen MR) is 59.4 cm³/mol. The highest BCUT2D eigenvalue weighted by atomic mass is 15.3. The fourth-order valence-electron chi connectivity index (χ4n) is 1.67. The monoisotopic (exact) mass is 195 g/mol. The normalized spacial score (nSPS) is 13.1. The van der Waals surface area contributed by atoms with Crippen molar-refractivity contribution in [3.63, 3.8) is 0 Å². The van der Waals surface area contributed by atoms with E-state index in [9.17, 15) is 0 Å². The van der Waals surface area contributed by atoms with Crippen LogP contribution >= 0.6 is 0 Å². The SMILES string of the molecule is CCc1cc(CC)n(C(C)CCN)n1. The van der Waals surface area contributed by atoms with Crippen molar-refractivity contribution >= 4 is 0 Å². The van der Waals surface area contributed by atoms with Gasteiger partial charge in [0.25, 0.3) is 0 Å². The molecule has 1 heterocycles. The summed E-state index contributed by atoms with van der Waals surface area (Å²) in [5.41, 5.74) is 8.06. The molecule has 1 aromatic rings. The first-order valence-electron chi connectivity index (χ1n) is 5.50. The number of hydrogen-bond donors (Lipinski definition) is 1. The van der Waals surface area contributed by atoms with E-state index in [4.69, 9.17) is 5.73 Å². The zero-order chi connectivity index (χ0) is 10.6. The molecule has 0 spiro atoms. The van der Waals surface area contributed by atoms with Gasteiger partial charge in [-0.05, 0) is 38.8 Å². The summed E-state index contributed by atoms with van der Waals surface area (Å²) in [6, 6.07) is 2.63. The van der Waals surface area contributed by atoms with Gasteiger partial charge in [0.2, 0.25) is 0 Å². The molecule has 0 saturated carbocycles. The maximum atomic E-state index is 5.56. The third kappa shape index (κ3) is 2.35. The van der Waals surface area contributed by atoms with Gasteiger partial charge in [0.15, 0.2) is 0 Å². The Morgan fingerprint density at radius 2 is 2.14 bits per heavy atom. The molecule has 0 fully saturated rings. The lowest BCUT2D eigenvalue weighted by molar-refractivity contribution is 0.447. The molecule has 0 aromatic carbocycles. The minimum Gasteiger partial charge on any atom is -0.330 e. The van der Waals surface area contributed by atoms with Crippen LogP contribution in [-0.2, 0) is 12.8 Å². The van der Waals surface area contributed by atoms with Crippen molar-refractivity contribution in [3.05, 3.63) is 17.5 Å². The smallest absolute Gasteiger partial charge is 0.0624 e. The molecule has 0 amide bonds. The minimum absolute atomic E-state index is 0.426. The first-order chi connectivity index (χ1) is 6.72. The lowest BCUT2D eigenvalue weighted by atomic mass is 10.2. The van der Waals surface area contributed by atoms with Crippen LogP contribution in [0.15, 0.2) is 6.07 Å². The van der Waals surface area contributed by atoms with Crippen LogP contribution in [0.5, 0.6) is 0 Å². The zero-order valence-corrected chi connectivity index (χ0v) is 9.45. The van der Waals surface area contributed by atoms with Gasteiger partial charge in [-0.25, -0.2) is 0 Å². The topological polar surface area (TPSA) is 43.8 Å². The van der Waals surface area contributed by atoms with Crippen LogP contribution in [-0.4, -0.2) is 16.3 Å². The number of hydrogen-bond acceptors (Lipinski definition) is 2. The second kappa shape index (κ2) is 5.15. The van der Waals surface area contributed by atoms with E-state index in [1.165, 1.54) is 11.4 Å². The fourth-order valence-corrected chi connectivity index (χ4v) is 1.67. The molecular formula is C11H21N3. The van der Waals surface area contributed by atoms with Crippen molar-refractivity contribution in [3.8, 4) is 0 Å². The first kappa shape index (κ1) is 11.2. The molecule has 0 aliphatic carbocycles. The Kier molecular flexibility index (Phi) is 4.14. The van der Waals surface area contributed by atoms with Crippen molar-refractivity contribution < 1.29 is 0 Å². The van der Waals surface area contributed by atoms with Crippen molar-refractivity contribution in [1.82, 2.24) is 9.78 Å². The molecule has 14 heavy (non-hydrogen) atoms. The summed E-state index contributed by atoms with van der Waals surface area (Å²) < 4.78 is 2.13. The number of aromatic nitrogens is 2. The van der Waals surface area contributed by atoms with E-state index in [2.05, 4.69) is 36.6 Å². The van der Waals surface area contributed by atoms with E-state index in [1.54, 1.807) is 0 Å². The zero-order valence-electron chi connectivity index (χ0n) is 9.45. The van der Waals surface area contributed by atoms with E-state index in [0.29, 0.717) is 6.04 Å². The fraction of sp³-hybridized carbons (Fsp3) is 0.727. The van der Waals surface area contributed by atoms with Crippen molar-refractivity contribution in [2.75, 3.05) is 6.54 Å². The maximum absolute atomic E-state index is 5.56. The lowest BCUT2D eigenvalue weighted by Gasteiger charge is -2.13. The summed E-state index contributed by atoms with van der Waals surface area (Å²) >= 11 is 0. The van der Waals surface area contributed by atoms with Crippen molar-refractivity contribution in [2.45, 2.75) is 46.1 Å². The van der Waals surface area contributed by atoms with Crippen LogP contribution in [0, 0.1) is 0 Å². The third-order valence-corrected chi connectivity index (χ3v) is 2.59. The molecule has 0 bridgehead atoms. The van der Waals surface area contributed by atoms with Gasteiger partial charge in [-0.2, -0.15) is 5.10 Å². The summed E-state index contributed by atoms with van der Waals surface area (Å²) in [4.78, 5) is 0. The Balaban J connectivity index is 2.87. The standard InChI is InChI=1S/C11H21N3/c1-4-10-8-11(5-2)14(13-10)9(3)6-7-12/h8-9H,4-7,12H2,1-3H3. The summed E-state index contributed by atoms with van der Waals surface area (Å²) in [6.45, 7) is 7.21. The Hall–Kier alpha value is -0.830. The number of rotatable bonds is 5. The average Bonchev–Trinajstić information content (AvgIpc) is 2.61. The Morgan fingerprint density at radius 3 is 2.64 bits per heavy atom. The molecular weight excluding hydrogens is 174 g/mol. The third-order valence-electron chi connectivity index (χ3n) is 2.59. The van der Waals surface area contributed by atoms with Crippen LogP contribution in [0.1, 0.15) is 44.6 Å². The summed E-state index contributed by atoms with van der Waals surface area (Å²) in [5, 5.41) is 4.58. The first-order valence-corrected chi connectivity index (χ1v) is 5.50. The molecule has 1 atom stereocenters. The van der Waals surface area contributed by atoms with E-state index in [1.807, 2.05) is 0 Å². The summed E-state index contributed by atoms with van der Waals surface area (Å²) in [7, 11) is 0. The van der Waals surface area contributed by atoms with Crippen LogP contribution < -0.4 is 5.73 Å². The number of nitrogens with two attached hydrogens (primary N) is 1. The van der Waals surface area contributed by atoms with Crippen LogP contribution in [0.2, 0.25) is 0 Å². The number of aryl methyl sites for hydroxylation is 2. The summed E-state index contributed by atoms with van der Waals surface area (Å²) in [5.74, 6) is 0. The van der Waals surface area contributed by atoms with Crippen LogP contribution in [0.4, 0.5) is 0 Å². The Bertz CT molecular complexity index is 278. The van der Waals surface area contributed by atoms with E-state index < -0.39 is 0 Å². The predicted octanol–water partition coefficient (Wildman–Crippen LogP) is 1.92. The lowest BCUT2D eigenvalue weighted by Crippen LogP contribution is -2.14. The van der Waals surface area contributed by atoms with Gasteiger partial charge in [-0.15, -0.1) is 0 Å². The van der Waals surface area contributed by atoms with Crippen LogP contribution in [0.25, 0.3) is 0 Å². The number of nitrogens with zero attached hydrogens (tertiary/aromatic N) is 2. The average molecular weight is 195 g/mol. The van der Waals surface area contributed by atoms with Crippen LogP contribution in [0.3, 0.4) is 0 Å². The molecule has 0 radical (unpaired) electrons. The van der Waals surface area contributed by atoms with Crippen molar-refractivity contribution in [1.29, 1.82) is 0 Å². The molecule has 2 N–H and O–H groups in total. The van der Waals surface area contributed by atoms with Gasteiger partial charge in [-0.3, -0.25) is 4.68 Å². The Labute approximate surface area is 86.3 Å². The molecule has 0 saturated heterocycles. The minimum atomic E-state index is 0.426. The van der Waals surface area contributed by atoms with E-state index in [-0.39, 0.29) is 0 Å². The molecule has 0 aliphatic rings. The van der Waals surface area contributed by atoms with E-state index in [0.717, 1.165) is 25.8 Å². The molecule has 3 nitrogen and oxygen atoms in total. The van der Waals surface area contributed by atoms with Gasteiger partial charge < -0.3 is 5.73 Å². The highest BCUT2D eigenvalue weighted by molar-refractivity contribution is 5.11. The highest BCUT2D eigenvalue weighted by Crippen LogP contribution is 2.15. The molecule has 3 heteroatoms. The second-order valence-electron chi connectivity index (χ2n) is 3.71. The molecule has 1 aromatic heterocycles. The van der Waals surface area contributed by atoms with Gasteiger partial charge in [0, 0.05) is 5.69 Å². The molecule has 1 rings (SSSR count). The van der Waals surface area contributed by atoms with Gasteiger partial charge >= 0.3 is 0 Å². The quantitative estimate of drug-likeness (QED) is 0.780. The molecule has 1 unspecified atom stereocenters. The molecule has 80 valence electrons. The maximum Gasteiger partial charge on any atom is 0.0624 e. The van der Waals surface area contributed by atoms with Gasteiger partial charge in [0.05, 0.1) is 11.7 Å². The second-order valence-corrected chi connectivity index (χ2v) is 3.71. The van der Waals surface area contributed by atoms with E-state index >= 15 is 0 Å². The Morgan fingerprint density at radius 1 is 1.43 bits per heavy atom. The largest absolute Gasteiger partial charge is 0.330 e. The molecule has 0 aliphatic heterocycles. The van der Waals surface area contributed by atoms with Gasteiger partial charge in [-0.1, -0.05) is 13.8 Å². The van der Waals surface area contributed by atoms with Crippen molar-refractivity contribution in [2.24, 2.45) is 5.73 Å². The van der Waals surface area contributed by atoms with Gasteiger partial charge in [0.1, 0.15) is 0 Å².